The second-order valence-electron chi connectivity index (χ2n) is 3.96. The lowest BCUT2D eigenvalue weighted by Crippen LogP contribution is -2.40. The van der Waals surface area contributed by atoms with Gasteiger partial charge in [-0.2, -0.15) is 0 Å². The molecule has 0 radical (unpaired) electrons. The minimum atomic E-state index is -0.143. The Kier molecular flexibility index (Phi) is 3.63. The van der Waals surface area contributed by atoms with Crippen molar-refractivity contribution in [1.82, 2.24) is 20.0 Å². The standard InChI is InChI=1S/C11H16N4OS/c1-3-8(2)13-10(16)12-6-9-7-15-4-5-17-11(15)14-9/h4-5,7-8H,3,6H2,1-2H3,(H2,12,13,16). The first-order valence-electron chi connectivity index (χ1n) is 5.64. The third-order valence-electron chi connectivity index (χ3n) is 2.56. The fraction of sp³-hybridized carbons (Fsp3) is 0.455. The third kappa shape index (κ3) is 2.97. The number of fused-ring (bicyclic) bond motifs is 1. The first-order valence-corrected chi connectivity index (χ1v) is 6.52. The Morgan fingerprint density at radius 2 is 2.47 bits per heavy atom. The number of carbonyl (C=O) groups excluding carboxylic acids is 1. The molecule has 2 aromatic rings. The average molecular weight is 252 g/mol. The molecule has 0 bridgehead atoms. The Hall–Kier alpha value is -1.56. The molecular formula is C11H16N4OS. The van der Waals surface area contributed by atoms with Crippen LogP contribution in [0, 0.1) is 0 Å². The zero-order chi connectivity index (χ0) is 12.3. The first-order chi connectivity index (χ1) is 8.19. The van der Waals surface area contributed by atoms with Crippen LogP contribution in [-0.4, -0.2) is 21.5 Å². The summed E-state index contributed by atoms with van der Waals surface area (Å²) in [6, 6.07) is 0.0520. The molecule has 17 heavy (non-hydrogen) atoms. The lowest BCUT2D eigenvalue weighted by Gasteiger charge is -2.11. The summed E-state index contributed by atoms with van der Waals surface area (Å²) >= 11 is 1.58. The van der Waals surface area contributed by atoms with E-state index in [1.807, 2.05) is 36.0 Å². The summed E-state index contributed by atoms with van der Waals surface area (Å²) in [5, 5.41) is 7.62. The van der Waals surface area contributed by atoms with E-state index in [0.29, 0.717) is 6.54 Å². The molecule has 2 N–H and O–H groups in total. The molecule has 0 aliphatic heterocycles. The van der Waals surface area contributed by atoms with Crippen molar-refractivity contribution in [2.45, 2.75) is 32.9 Å². The van der Waals surface area contributed by atoms with Crippen molar-refractivity contribution in [3.05, 3.63) is 23.5 Å². The predicted molar refractivity (Wildman–Crippen MR) is 68.2 cm³/mol. The van der Waals surface area contributed by atoms with E-state index >= 15 is 0 Å². The van der Waals surface area contributed by atoms with E-state index in [-0.39, 0.29) is 12.1 Å². The van der Waals surface area contributed by atoms with Crippen molar-refractivity contribution in [3.63, 3.8) is 0 Å². The molecule has 2 heterocycles. The van der Waals surface area contributed by atoms with Crippen LogP contribution in [0.1, 0.15) is 26.0 Å². The van der Waals surface area contributed by atoms with Crippen LogP contribution in [0.5, 0.6) is 0 Å². The molecule has 0 aliphatic carbocycles. The number of urea groups is 1. The Morgan fingerprint density at radius 1 is 1.65 bits per heavy atom. The van der Waals surface area contributed by atoms with Crippen LogP contribution in [0.3, 0.4) is 0 Å². The Balaban J connectivity index is 1.85. The summed E-state index contributed by atoms with van der Waals surface area (Å²) in [6.45, 7) is 4.47. The number of amides is 2. The molecule has 2 amide bonds. The molecular weight excluding hydrogens is 236 g/mol. The summed E-state index contributed by atoms with van der Waals surface area (Å²) in [7, 11) is 0. The number of nitrogens with zero attached hydrogens (tertiary/aromatic N) is 2. The fourth-order valence-electron chi connectivity index (χ4n) is 1.41. The molecule has 1 unspecified atom stereocenters. The number of nitrogens with one attached hydrogen (secondary N) is 2. The van der Waals surface area contributed by atoms with Gasteiger partial charge in [0.1, 0.15) is 0 Å². The van der Waals surface area contributed by atoms with Crippen molar-refractivity contribution < 1.29 is 4.79 Å². The molecule has 0 spiro atoms. The van der Waals surface area contributed by atoms with Crippen molar-refractivity contribution in [2.75, 3.05) is 0 Å². The fourth-order valence-corrected chi connectivity index (χ4v) is 2.13. The van der Waals surface area contributed by atoms with Gasteiger partial charge < -0.3 is 10.6 Å². The average Bonchev–Trinajstić information content (AvgIpc) is 2.86. The summed E-state index contributed by atoms with van der Waals surface area (Å²) in [5.74, 6) is 0. The summed E-state index contributed by atoms with van der Waals surface area (Å²) < 4.78 is 1.95. The van der Waals surface area contributed by atoms with Crippen molar-refractivity contribution in [1.29, 1.82) is 0 Å². The Labute approximate surface area is 104 Å². The highest BCUT2D eigenvalue weighted by Crippen LogP contribution is 2.10. The van der Waals surface area contributed by atoms with Crippen LogP contribution in [-0.2, 0) is 6.54 Å². The highest BCUT2D eigenvalue weighted by atomic mass is 32.1. The van der Waals surface area contributed by atoms with Crippen LogP contribution in [0.2, 0.25) is 0 Å². The van der Waals surface area contributed by atoms with E-state index in [4.69, 9.17) is 0 Å². The lowest BCUT2D eigenvalue weighted by molar-refractivity contribution is 0.237. The van der Waals surface area contributed by atoms with E-state index in [1.54, 1.807) is 11.3 Å². The van der Waals surface area contributed by atoms with E-state index in [1.165, 1.54) is 0 Å². The number of imidazole rings is 1. The maximum Gasteiger partial charge on any atom is 0.315 e. The Morgan fingerprint density at radius 3 is 3.18 bits per heavy atom. The SMILES string of the molecule is CCC(C)NC(=O)NCc1cn2ccsc2n1. The zero-order valence-electron chi connectivity index (χ0n) is 9.93. The van der Waals surface area contributed by atoms with Crippen molar-refractivity contribution in [3.8, 4) is 0 Å². The monoisotopic (exact) mass is 252 g/mol. The second kappa shape index (κ2) is 5.18. The van der Waals surface area contributed by atoms with Gasteiger partial charge in [0.2, 0.25) is 0 Å². The summed E-state index contributed by atoms with van der Waals surface area (Å²) in [5.41, 5.74) is 0.871. The smallest absolute Gasteiger partial charge is 0.315 e. The van der Waals surface area contributed by atoms with E-state index < -0.39 is 0 Å². The number of carbonyl (C=O) groups is 1. The quantitative estimate of drug-likeness (QED) is 0.874. The van der Waals surface area contributed by atoms with Gasteiger partial charge in [-0.05, 0) is 13.3 Å². The van der Waals surface area contributed by atoms with Crippen LogP contribution in [0.15, 0.2) is 17.8 Å². The van der Waals surface area contributed by atoms with Crippen molar-refractivity contribution >= 4 is 22.3 Å². The number of aromatic nitrogens is 2. The normalized spacial score (nSPS) is 12.6. The highest BCUT2D eigenvalue weighted by Gasteiger charge is 2.06. The van der Waals surface area contributed by atoms with Gasteiger partial charge in [0.25, 0.3) is 0 Å². The molecule has 2 rings (SSSR count). The minimum Gasteiger partial charge on any atom is -0.336 e. The second-order valence-corrected chi connectivity index (χ2v) is 4.83. The molecule has 92 valence electrons. The highest BCUT2D eigenvalue weighted by molar-refractivity contribution is 7.15. The van der Waals surface area contributed by atoms with Crippen LogP contribution in [0.25, 0.3) is 4.96 Å². The van der Waals surface area contributed by atoms with Crippen LogP contribution < -0.4 is 10.6 Å². The van der Waals surface area contributed by atoms with Gasteiger partial charge in [-0.25, -0.2) is 9.78 Å². The summed E-state index contributed by atoms with van der Waals surface area (Å²) in [4.78, 5) is 16.8. The molecule has 0 saturated heterocycles. The van der Waals surface area contributed by atoms with Gasteiger partial charge in [0.15, 0.2) is 4.96 Å². The largest absolute Gasteiger partial charge is 0.336 e. The molecule has 5 nitrogen and oxygen atoms in total. The maximum atomic E-state index is 11.5. The number of hydrogen-bond donors (Lipinski definition) is 2. The molecule has 0 saturated carbocycles. The molecule has 0 aromatic carbocycles. The number of hydrogen-bond acceptors (Lipinski definition) is 3. The van der Waals surface area contributed by atoms with Crippen molar-refractivity contribution in [2.24, 2.45) is 0 Å². The third-order valence-corrected chi connectivity index (χ3v) is 3.33. The molecule has 0 fully saturated rings. The lowest BCUT2D eigenvalue weighted by atomic mass is 10.3. The molecule has 1 atom stereocenters. The molecule has 2 aromatic heterocycles. The molecule has 6 heteroatoms. The van der Waals surface area contributed by atoms with Gasteiger partial charge >= 0.3 is 6.03 Å². The summed E-state index contributed by atoms with van der Waals surface area (Å²) in [6.07, 6.45) is 4.80. The van der Waals surface area contributed by atoms with Gasteiger partial charge in [0.05, 0.1) is 12.2 Å². The van der Waals surface area contributed by atoms with Crippen LogP contribution >= 0.6 is 11.3 Å². The van der Waals surface area contributed by atoms with Gasteiger partial charge in [-0.1, -0.05) is 6.92 Å². The number of rotatable bonds is 4. The van der Waals surface area contributed by atoms with E-state index in [9.17, 15) is 4.79 Å². The topological polar surface area (TPSA) is 58.4 Å². The predicted octanol–water partition coefficient (Wildman–Crippen LogP) is 1.99. The van der Waals surface area contributed by atoms with E-state index in [0.717, 1.165) is 17.1 Å². The first kappa shape index (κ1) is 11.9. The van der Waals surface area contributed by atoms with Gasteiger partial charge in [-0.3, -0.25) is 4.40 Å². The number of thiazole rings is 1. The maximum absolute atomic E-state index is 11.5. The van der Waals surface area contributed by atoms with Gasteiger partial charge in [-0.15, -0.1) is 11.3 Å². The Bertz CT molecular complexity index is 476. The zero-order valence-corrected chi connectivity index (χ0v) is 10.8. The van der Waals surface area contributed by atoms with Gasteiger partial charge in [0, 0.05) is 23.8 Å². The minimum absolute atomic E-state index is 0.143. The van der Waals surface area contributed by atoms with Crippen LogP contribution in [0.4, 0.5) is 4.79 Å². The van der Waals surface area contributed by atoms with E-state index in [2.05, 4.69) is 15.6 Å². The molecule has 0 aliphatic rings.